The van der Waals surface area contributed by atoms with Crippen molar-refractivity contribution in [3.63, 3.8) is 0 Å². The predicted molar refractivity (Wildman–Crippen MR) is 92.7 cm³/mol. The summed E-state index contributed by atoms with van der Waals surface area (Å²) in [6.07, 6.45) is 12.6. The fraction of sp³-hybridized carbons (Fsp3) is 0.789. The van der Waals surface area contributed by atoms with Crippen LogP contribution in [0.3, 0.4) is 0 Å². The van der Waals surface area contributed by atoms with Gasteiger partial charge in [-0.05, 0) is 51.9 Å². The van der Waals surface area contributed by atoms with Crippen molar-refractivity contribution in [2.24, 2.45) is 5.92 Å². The number of hydrogen-bond acceptors (Lipinski definition) is 2. The van der Waals surface area contributed by atoms with Crippen LogP contribution in [0, 0.1) is 5.92 Å². The van der Waals surface area contributed by atoms with Crippen LogP contribution in [0.15, 0.2) is 25.3 Å². The largest absolute Gasteiger partial charge is 0.378 e. The highest BCUT2D eigenvalue weighted by Crippen LogP contribution is 2.17. The minimum Gasteiger partial charge on any atom is -0.378 e. The molecule has 0 heterocycles. The Labute approximate surface area is 132 Å². The zero-order valence-corrected chi connectivity index (χ0v) is 14.5. The first-order valence-electron chi connectivity index (χ1n) is 8.62. The molecule has 0 saturated heterocycles. The predicted octanol–water partition coefficient (Wildman–Crippen LogP) is 5.54. The second kappa shape index (κ2) is 14.3. The lowest BCUT2D eigenvalue weighted by Crippen LogP contribution is -2.19. The first-order chi connectivity index (χ1) is 10.2. The minimum atomic E-state index is 0.211. The van der Waals surface area contributed by atoms with E-state index in [0.29, 0.717) is 12.0 Å². The van der Waals surface area contributed by atoms with Crippen molar-refractivity contribution in [3.8, 4) is 0 Å². The molecule has 0 amide bonds. The van der Waals surface area contributed by atoms with Crippen molar-refractivity contribution in [1.29, 1.82) is 0 Å². The summed E-state index contributed by atoms with van der Waals surface area (Å²) in [5.41, 5.74) is 0. The molecular weight excluding hydrogens is 260 g/mol. The molecule has 0 rings (SSSR count). The molecule has 0 N–H and O–H groups in total. The molecule has 21 heavy (non-hydrogen) atoms. The van der Waals surface area contributed by atoms with Crippen molar-refractivity contribution in [3.05, 3.63) is 25.3 Å². The molecule has 0 aliphatic rings. The molecule has 3 unspecified atom stereocenters. The third kappa shape index (κ3) is 11.7. The Morgan fingerprint density at radius 3 is 2.33 bits per heavy atom. The molecule has 0 aromatic carbocycles. The summed E-state index contributed by atoms with van der Waals surface area (Å²) < 4.78 is 11.5. The molecule has 0 aliphatic heterocycles. The van der Waals surface area contributed by atoms with Crippen LogP contribution in [0.25, 0.3) is 0 Å². The van der Waals surface area contributed by atoms with E-state index in [-0.39, 0.29) is 6.10 Å². The van der Waals surface area contributed by atoms with E-state index in [1.165, 1.54) is 25.7 Å². The van der Waals surface area contributed by atoms with E-state index in [4.69, 9.17) is 9.47 Å². The zero-order chi connectivity index (χ0) is 15.9. The molecule has 124 valence electrons. The normalized spacial score (nSPS) is 15.4. The fourth-order valence-corrected chi connectivity index (χ4v) is 2.36. The summed E-state index contributed by atoms with van der Waals surface area (Å²) >= 11 is 0. The molecule has 0 aromatic rings. The molecule has 2 heteroatoms. The Morgan fingerprint density at radius 2 is 1.71 bits per heavy atom. The number of unbranched alkanes of at least 4 members (excludes halogenated alkanes) is 3. The van der Waals surface area contributed by atoms with Crippen LogP contribution in [0.4, 0.5) is 0 Å². The van der Waals surface area contributed by atoms with Gasteiger partial charge in [0.25, 0.3) is 0 Å². The van der Waals surface area contributed by atoms with Crippen molar-refractivity contribution < 1.29 is 9.47 Å². The first kappa shape index (κ1) is 20.4. The molecule has 0 fully saturated rings. The number of hydrogen-bond donors (Lipinski definition) is 0. The number of allylic oxidation sites excluding steroid dienone is 1. The Balaban J connectivity index is 3.62. The summed E-state index contributed by atoms with van der Waals surface area (Å²) in [6, 6.07) is 0. The Kier molecular flexibility index (Phi) is 13.9. The maximum Gasteiger partial charge on any atom is 0.0753 e. The van der Waals surface area contributed by atoms with Crippen LogP contribution in [0.5, 0.6) is 0 Å². The van der Waals surface area contributed by atoms with Gasteiger partial charge in [-0.15, -0.1) is 13.2 Å². The van der Waals surface area contributed by atoms with Crippen LogP contribution >= 0.6 is 0 Å². The maximum atomic E-state index is 5.94. The molecule has 0 spiro atoms. The third-order valence-electron chi connectivity index (χ3n) is 4.03. The molecule has 0 radical (unpaired) electrons. The van der Waals surface area contributed by atoms with Gasteiger partial charge in [0, 0.05) is 13.2 Å². The zero-order valence-electron chi connectivity index (χ0n) is 14.5. The van der Waals surface area contributed by atoms with E-state index in [9.17, 15) is 0 Å². The summed E-state index contributed by atoms with van der Waals surface area (Å²) in [6.45, 7) is 15.7. The molecule has 0 saturated carbocycles. The fourth-order valence-electron chi connectivity index (χ4n) is 2.36. The molecule has 0 bridgehead atoms. The quantitative estimate of drug-likeness (QED) is 0.292. The summed E-state index contributed by atoms with van der Waals surface area (Å²) in [7, 11) is 0. The van der Waals surface area contributed by atoms with E-state index in [1.807, 2.05) is 19.1 Å². The van der Waals surface area contributed by atoms with Gasteiger partial charge in [0.05, 0.1) is 12.2 Å². The van der Waals surface area contributed by atoms with Crippen LogP contribution in [-0.2, 0) is 9.47 Å². The lowest BCUT2D eigenvalue weighted by Gasteiger charge is -2.21. The lowest BCUT2D eigenvalue weighted by atomic mass is 9.97. The summed E-state index contributed by atoms with van der Waals surface area (Å²) in [4.78, 5) is 0. The third-order valence-corrected chi connectivity index (χ3v) is 4.03. The highest BCUT2D eigenvalue weighted by molar-refractivity contribution is 4.80. The van der Waals surface area contributed by atoms with Crippen molar-refractivity contribution >= 4 is 0 Å². The number of ether oxygens (including phenoxy) is 2. The van der Waals surface area contributed by atoms with E-state index < -0.39 is 0 Å². The van der Waals surface area contributed by atoms with Gasteiger partial charge in [-0.2, -0.15) is 0 Å². The smallest absolute Gasteiger partial charge is 0.0753 e. The Hall–Kier alpha value is -0.600. The molecule has 3 atom stereocenters. The maximum absolute atomic E-state index is 5.94. The van der Waals surface area contributed by atoms with Gasteiger partial charge in [0.15, 0.2) is 0 Å². The second-order valence-corrected chi connectivity index (χ2v) is 5.85. The van der Waals surface area contributed by atoms with Gasteiger partial charge in [0.1, 0.15) is 0 Å². The van der Waals surface area contributed by atoms with Crippen molar-refractivity contribution in [2.75, 3.05) is 13.2 Å². The monoisotopic (exact) mass is 296 g/mol. The van der Waals surface area contributed by atoms with Gasteiger partial charge in [-0.1, -0.05) is 31.9 Å². The molecule has 0 aromatic heterocycles. The van der Waals surface area contributed by atoms with Crippen molar-refractivity contribution in [1.82, 2.24) is 0 Å². The van der Waals surface area contributed by atoms with Gasteiger partial charge in [-0.3, -0.25) is 0 Å². The van der Waals surface area contributed by atoms with Crippen molar-refractivity contribution in [2.45, 2.75) is 77.9 Å². The topological polar surface area (TPSA) is 18.5 Å². The minimum absolute atomic E-state index is 0.211. The highest BCUT2D eigenvalue weighted by atomic mass is 16.5. The van der Waals surface area contributed by atoms with E-state index >= 15 is 0 Å². The standard InChI is InChI=1S/C19H36O2/c1-6-9-10-11-12-16-21-18(5)17(4)14-13-15-19(7-2)20-8-3/h6-7,17-19H,1-2,8-16H2,3-5H3. The van der Waals surface area contributed by atoms with Crippen LogP contribution in [0.2, 0.25) is 0 Å². The average molecular weight is 296 g/mol. The number of rotatable bonds is 15. The average Bonchev–Trinajstić information content (AvgIpc) is 2.49. The Bertz CT molecular complexity index is 250. The first-order valence-corrected chi connectivity index (χ1v) is 8.62. The second-order valence-electron chi connectivity index (χ2n) is 5.85. The molecule has 0 aliphatic carbocycles. The van der Waals surface area contributed by atoms with Gasteiger partial charge < -0.3 is 9.47 Å². The van der Waals surface area contributed by atoms with Crippen LogP contribution in [-0.4, -0.2) is 25.4 Å². The van der Waals surface area contributed by atoms with E-state index in [1.54, 1.807) is 0 Å². The lowest BCUT2D eigenvalue weighted by molar-refractivity contribution is 0.0230. The van der Waals surface area contributed by atoms with Gasteiger partial charge in [0.2, 0.25) is 0 Å². The summed E-state index contributed by atoms with van der Waals surface area (Å²) in [5.74, 6) is 0.602. The van der Waals surface area contributed by atoms with E-state index in [2.05, 4.69) is 27.0 Å². The van der Waals surface area contributed by atoms with Gasteiger partial charge in [-0.25, -0.2) is 0 Å². The SMILES string of the molecule is C=CCCCCCOC(C)C(C)CCCC(C=C)OCC. The van der Waals surface area contributed by atoms with E-state index in [0.717, 1.165) is 32.5 Å². The molecular formula is C19H36O2. The van der Waals surface area contributed by atoms with Crippen LogP contribution < -0.4 is 0 Å². The van der Waals surface area contributed by atoms with Crippen LogP contribution in [0.1, 0.15) is 65.7 Å². The summed E-state index contributed by atoms with van der Waals surface area (Å²) in [5, 5.41) is 0. The Morgan fingerprint density at radius 1 is 0.952 bits per heavy atom. The van der Waals surface area contributed by atoms with Gasteiger partial charge >= 0.3 is 0 Å². The highest BCUT2D eigenvalue weighted by Gasteiger charge is 2.13. The molecule has 2 nitrogen and oxygen atoms in total.